The summed E-state index contributed by atoms with van der Waals surface area (Å²) in [6.07, 6.45) is 1.37. The fraction of sp³-hybridized carbons (Fsp3) is 0.231. The van der Waals surface area contributed by atoms with Gasteiger partial charge in [-0.05, 0) is 36.4 Å². The largest absolute Gasteiger partial charge is 0.493 e. The first-order valence-corrected chi connectivity index (χ1v) is 12.6. The molecular weight excluding hydrogens is 514 g/mol. The second-order valence-electron chi connectivity index (χ2n) is 7.62. The Morgan fingerprint density at radius 2 is 1.42 bits per heavy atom. The van der Waals surface area contributed by atoms with E-state index < -0.39 is 22.5 Å². The predicted molar refractivity (Wildman–Crippen MR) is 142 cm³/mol. The number of benzene rings is 3. The number of amides is 1. The van der Waals surface area contributed by atoms with E-state index >= 15 is 0 Å². The van der Waals surface area contributed by atoms with Gasteiger partial charge in [0.15, 0.2) is 23.0 Å². The van der Waals surface area contributed by atoms with Crippen molar-refractivity contribution in [1.82, 2.24) is 5.43 Å². The normalized spacial score (nSPS) is 11.1. The number of hydrazone groups is 1. The summed E-state index contributed by atoms with van der Waals surface area (Å²) in [5.41, 5.74) is 3.22. The number of para-hydroxylation sites is 1. The van der Waals surface area contributed by atoms with E-state index in [9.17, 15) is 13.2 Å². The molecule has 0 heterocycles. The summed E-state index contributed by atoms with van der Waals surface area (Å²) in [6.45, 7) is -0.534. The summed E-state index contributed by atoms with van der Waals surface area (Å²) < 4.78 is 54.6. The first-order chi connectivity index (χ1) is 18.3. The molecule has 0 aliphatic carbocycles. The van der Waals surface area contributed by atoms with Gasteiger partial charge in [-0.25, -0.2) is 13.8 Å². The summed E-state index contributed by atoms with van der Waals surface area (Å²) in [7, 11) is 3.14. The number of hydrogen-bond acceptors (Lipinski definition) is 9. The van der Waals surface area contributed by atoms with E-state index in [-0.39, 0.29) is 10.6 Å². The average Bonchev–Trinajstić information content (AvgIpc) is 2.95. The molecule has 0 aliphatic rings. The SMILES string of the molecule is COc1ccc(S(=O)(=O)N(CC(=O)N/N=C\c2cc(OC)c(OC)c(OC)c2)c2ccccc2)cc1OC. The lowest BCUT2D eigenvalue weighted by Crippen LogP contribution is -2.39. The Kier molecular flexibility index (Phi) is 9.39. The topological polar surface area (TPSA) is 125 Å². The molecule has 0 fully saturated rings. The van der Waals surface area contributed by atoms with Crippen molar-refractivity contribution in [2.75, 3.05) is 46.4 Å². The van der Waals surface area contributed by atoms with Gasteiger partial charge in [0.05, 0.1) is 52.3 Å². The van der Waals surface area contributed by atoms with Crippen LogP contribution in [0.15, 0.2) is 70.7 Å². The summed E-state index contributed by atoms with van der Waals surface area (Å²) in [5, 5.41) is 3.96. The fourth-order valence-corrected chi connectivity index (χ4v) is 4.97. The average molecular weight is 544 g/mol. The Morgan fingerprint density at radius 1 is 0.816 bits per heavy atom. The fourth-order valence-electron chi connectivity index (χ4n) is 3.53. The molecule has 0 radical (unpaired) electrons. The zero-order valence-corrected chi connectivity index (χ0v) is 22.4. The molecular formula is C26H29N3O8S. The summed E-state index contributed by atoms with van der Waals surface area (Å²) in [5.74, 6) is 1.18. The Balaban J connectivity index is 1.86. The molecule has 0 saturated carbocycles. The Labute approximate surface area is 221 Å². The van der Waals surface area contributed by atoms with Gasteiger partial charge in [-0.2, -0.15) is 5.10 Å². The van der Waals surface area contributed by atoms with Crippen molar-refractivity contribution in [3.63, 3.8) is 0 Å². The van der Waals surface area contributed by atoms with Crippen LogP contribution in [0.4, 0.5) is 5.69 Å². The van der Waals surface area contributed by atoms with Gasteiger partial charge < -0.3 is 23.7 Å². The van der Waals surface area contributed by atoms with Crippen molar-refractivity contribution in [2.45, 2.75) is 4.90 Å². The van der Waals surface area contributed by atoms with Crippen LogP contribution in [0.1, 0.15) is 5.56 Å². The third-order valence-corrected chi connectivity index (χ3v) is 7.13. The first-order valence-electron chi connectivity index (χ1n) is 11.2. The van der Waals surface area contributed by atoms with Gasteiger partial charge >= 0.3 is 0 Å². The minimum Gasteiger partial charge on any atom is -0.493 e. The van der Waals surface area contributed by atoms with E-state index in [1.165, 1.54) is 60.0 Å². The van der Waals surface area contributed by atoms with E-state index in [2.05, 4.69) is 10.5 Å². The molecule has 0 aromatic heterocycles. The maximum atomic E-state index is 13.6. The molecule has 11 nitrogen and oxygen atoms in total. The van der Waals surface area contributed by atoms with E-state index in [1.54, 1.807) is 42.5 Å². The van der Waals surface area contributed by atoms with E-state index in [1.807, 2.05) is 0 Å². The van der Waals surface area contributed by atoms with Crippen LogP contribution in [0.2, 0.25) is 0 Å². The standard InChI is InChI=1S/C26H29N3O8S/c1-33-21-12-11-20(15-22(21)34-2)38(31,32)29(19-9-7-6-8-10-19)17-25(30)28-27-16-18-13-23(35-3)26(37-5)24(14-18)36-4/h6-16H,17H2,1-5H3,(H,28,30)/b27-16-. The Hall–Kier alpha value is -4.45. The van der Waals surface area contributed by atoms with Crippen molar-refractivity contribution < 1.29 is 36.9 Å². The summed E-state index contributed by atoms with van der Waals surface area (Å²) >= 11 is 0. The molecule has 0 atom stereocenters. The minimum absolute atomic E-state index is 0.0762. The number of ether oxygens (including phenoxy) is 5. The van der Waals surface area contributed by atoms with Gasteiger partial charge in [0.25, 0.3) is 15.9 Å². The number of anilines is 1. The minimum atomic E-state index is -4.17. The van der Waals surface area contributed by atoms with Crippen LogP contribution in [0, 0.1) is 0 Å². The lowest BCUT2D eigenvalue weighted by Gasteiger charge is -2.24. The van der Waals surface area contributed by atoms with Crippen molar-refractivity contribution in [3.05, 3.63) is 66.2 Å². The molecule has 0 saturated heterocycles. The molecule has 38 heavy (non-hydrogen) atoms. The third-order valence-electron chi connectivity index (χ3n) is 5.36. The predicted octanol–water partition coefficient (Wildman–Crippen LogP) is 3.08. The van der Waals surface area contributed by atoms with Gasteiger partial charge in [-0.3, -0.25) is 9.10 Å². The first kappa shape index (κ1) is 28.1. The number of methoxy groups -OCH3 is 5. The molecule has 0 spiro atoms. The lowest BCUT2D eigenvalue weighted by molar-refractivity contribution is -0.119. The molecule has 1 amide bonds. The quantitative estimate of drug-likeness (QED) is 0.273. The number of sulfonamides is 1. The highest BCUT2D eigenvalue weighted by Crippen LogP contribution is 2.37. The van der Waals surface area contributed by atoms with Crippen molar-refractivity contribution >= 4 is 27.8 Å². The highest BCUT2D eigenvalue weighted by Gasteiger charge is 2.28. The van der Waals surface area contributed by atoms with Gasteiger partial charge in [0.2, 0.25) is 5.75 Å². The van der Waals surface area contributed by atoms with Gasteiger partial charge in [0, 0.05) is 11.6 Å². The van der Waals surface area contributed by atoms with Crippen LogP contribution in [0.5, 0.6) is 28.7 Å². The van der Waals surface area contributed by atoms with Crippen LogP contribution in [-0.2, 0) is 14.8 Å². The number of carbonyl (C=O) groups excluding carboxylic acids is 1. The van der Waals surface area contributed by atoms with Gasteiger partial charge in [0.1, 0.15) is 6.54 Å². The van der Waals surface area contributed by atoms with E-state index in [0.29, 0.717) is 34.2 Å². The number of nitrogens with zero attached hydrogens (tertiary/aromatic N) is 2. The Morgan fingerprint density at radius 3 is 1.97 bits per heavy atom. The van der Waals surface area contributed by atoms with Crippen LogP contribution in [0.25, 0.3) is 0 Å². The molecule has 202 valence electrons. The van der Waals surface area contributed by atoms with E-state index in [4.69, 9.17) is 23.7 Å². The maximum Gasteiger partial charge on any atom is 0.264 e. The van der Waals surface area contributed by atoms with Crippen LogP contribution in [-0.4, -0.2) is 62.6 Å². The van der Waals surface area contributed by atoms with Gasteiger partial charge in [-0.15, -0.1) is 0 Å². The highest BCUT2D eigenvalue weighted by molar-refractivity contribution is 7.92. The number of hydrogen-bond donors (Lipinski definition) is 1. The zero-order chi connectivity index (χ0) is 27.7. The Bertz CT molecular complexity index is 1370. The van der Waals surface area contributed by atoms with Crippen molar-refractivity contribution in [1.29, 1.82) is 0 Å². The molecule has 0 bridgehead atoms. The molecule has 12 heteroatoms. The van der Waals surface area contributed by atoms with E-state index in [0.717, 1.165) is 4.31 Å². The van der Waals surface area contributed by atoms with Crippen LogP contribution < -0.4 is 33.4 Å². The molecule has 3 rings (SSSR count). The van der Waals surface area contributed by atoms with Crippen molar-refractivity contribution in [2.24, 2.45) is 5.10 Å². The molecule has 0 aliphatic heterocycles. The smallest absolute Gasteiger partial charge is 0.264 e. The summed E-state index contributed by atoms with van der Waals surface area (Å²) in [6, 6.07) is 15.8. The molecule has 1 N–H and O–H groups in total. The second kappa shape index (κ2) is 12.7. The van der Waals surface area contributed by atoms with Gasteiger partial charge in [-0.1, -0.05) is 18.2 Å². The number of rotatable bonds is 12. The maximum absolute atomic E-state index is 13.6. The highest BCUT2D eigenvalue weighted by atomic mass is 32.2. The third kappa shape index (κ3) is 6.27. The number of carbonyl (C=O) groups is 1. The van der Waals surface area contributed by atoms with Crippen LogP contribution >= 0.6 is 0 Å². The van der Waals surface area contributed by atoms with Crippen LogP contribution in [0.3, 0.4) is 0 Å². The van der Waals surface area contributed by atoms with Crippen molar-refractivity contribution in [3.8, 4) is 28.7 Å². The summed E-state index contributed by atoms with van der Waals surface area (Å²) in [4.78, 5) is 12.7. The molecule has 3 aromatic carbocycles. The monoisotopic (exact) mass is 543 g/mol. The molecule has 3 aromatic rings. The molecule has 0 unspecified atom stereocenters. The second-order valence-corrected chi connectivity index (χ2v) is 9.48. The number of nitrogens with one attached hydrogen (secondary N) is 1. The lowest BCUT2D eigenvalue weighted by atomic mass is 10.2. The zero-order valence-electron chi connectivity index (χ0n) is 21.6.